The number of halogens is 3. The van der Waals surface area contributed by atoms with Gasteiger partial charge in [0, 0.05) is 17.3 Å². The van der Waals surface area contributed by atoms with Crippen LogP contribution in [0.25, 0.3) is 0 Å². The van der Waals surface area contributed by atoms with Crippen LogP contribution in [0.15, 0.2) is 47.5 Å². The van der Waals surface area contributed by atoms with Gasteiger partial charge in [-0.3, -0.25) is 14.8 Å². The fraction of sp³-hybridized carbons (Fsp3) is 0.273. The van der Waals surface area contributed by atoms with Crippen molar-refractivity contribution in [3.05, 3.63) is 69.7 Å². The van der Waals surface area contributed by atoms with Gasteiger partial charge in [0.15, 0.2) is 9.84 Å². The highest BCUT2D eigenvalue weighted by Gasteiger charge is 2.27. The van der Waals surface area contributed by atoms with Gasteiger partial charge >= 0.3 is 5.97 Å². The van der Waals surface area contributed by atoms with Crippen molar-refractivity contribution in [1.29, 1.82) is 0 Å². The molecule has 4 rings (SSSR count). The van der Waals surface area contributed by atoms with Crippen molar-refractivity contribution in [2.45, 2.75) is 36.7 Å². The van der Waals surface area contributed by atoms with Gasteiger partial charge in [0.1, 0.15) is 29.7 Å². The zero-order valence-electron chi connectivity index (χ0n) is 17.7. The lowest BCUT2D eigenvalue weighted by molar-refractivity contribution is -0.137. The lowest BCUT2D eigenvalue weighted by atomic mass is 9.93. The number of aliphatic carboxylic acids is 1. The minimum absolute atomic E-state index is 0.000147. The molecule has 3 aromatic rings. The molecule has 180 valence electrons. The summed E-state index contributed by atoms with van der Waals surface area (Å²) in [6.45, 7) is -0.240. The van der Waals surface area contributed by atoms with Crippen molar-refractivity contribution < 1.29 is 27.4 Å². The van der Waals surface area contributed by atoms with Gasteiger partial charge in [-0.05, 0) is 55.7 Å². The fourth-order valence-electron chi connectivity index (χ4n) is 3.82. The van der Waals surface area contributed by atoms with E-state index in [9.17, 15) is 17.6 Å². The average Bonchev–Trinajstić information content (AvgIpc) is 3.18. The van der Waals surface area contributed by atoms with Gasteiger partial charge < -0.3 is 9.84 Å². The van der Waals surface area contributed by atoms with E-state index in [4.69, 9.17) is 33.0 Å². The number of nitrogens with one attached hydrogen (secondary N) is 1. The number of nitrogens with zero attached hydrogens (tertiary/aromatic N) is 2. The summed E-state index contributed by atoms with van der Waals surface area (Å²) >= 11 is 12.2. The molecule has 0 aliphatic heterocycles. The van der Waals surface area contributed by atoms with Crippen LogP contribution in [0.4, 0.5) is 4.39 Å². The van der Waals surface area contributed by atoms with Gasteiger partial charge in [-0.25, -0.2) is 12.8 Å². The molecule has 2 aromatic carbocycles. The summed E-state index contributed by atoms with van der Waals surface area (Å²) in [4.78, 5) is 11.0. The van der Waals surface area contributed by atoms with Crippen LogP contribution in [0.2, 0.25) is 10.0 Å². The van der Waals surface area contributed by atoms with Crippen molar-refractivity contribution >= 4 is 39.0 Å². The number of benzene rings is 2. The third-order valence-corrected chi connectivity index (χ3v) is 7.55. The maximum Gasteiger partial charge on any atom is 0.325 e. The second-order valence-corrected chi connectivity index (χ2v) is 10.6. The van der Waals surface area contributed by atoms with Crippen LogP contribution in [-0.2, 0) is 27.6 Å². The molecule has 0 saturated heterocycles. The van der Waals surface area contributed by atoms with E-state index in [0.717, 1.165) is 23.7 Å². The first-order valence-electron chi connectivity index (χ1n) is 10.3. The number of carboxylic acids is 1. The van der Waals surface area contributed by atoms with Gasteiger partial charge in [-0.1, -0.05) is 23.2 Å². The standard InChI is InChI=1S/C22H20Cl2FN3O5S/c23-16-8-13(25)4-6-20(16)33-21-7-5-14(9-17(21)24)34(31,32)12-26-18-2-1-3-19-15(18)10-27-28(19)11-22(29)30/h4-10,18,26H,1-3,11-12H2,(H,29,30)/t18-/m1/s1. The molecular formula is C22H20Cl2FN3O5S. The van der Waals surface area contributed by atoms with Gasteiger partial charge in [-0.15, -0.1) is 0 Å². The molecule has 1 aliphatic rings. The third-order valence-electron chi connectivity index (χ3n) is 5.44. The Hall–Kier alpha value is -2.66. The van der Waals surface area contributed by atoms with E-state index >= 15 is 0 Å². The molecule has 0 spiro atoms. The Labute approximate surface area is 205 Å². The van der Waals surface area contributed by atoms with Gasteiger partial charge in [0.25, 0.3) is 0 Å². The Kier molecular flexibility index (Phi) is 7.13. The van der Waals surface area contributed by atoms with E-state index in [1.807, 2.05) is 0 Å². The van der Waals surface area contributed by atoms with Crippen molar-refractivity contribution in [3.63, 3.8) is 0 Å². The molecule has 0 unspecified atom stereocenters. The van der Waals surface area contributed by atoms with E-state index in [-0.39, 0.29) is 44.9 Å². The third kappa shape index (κ3) is 5.35. The molecule has 34 heavy (non-hydrogen) atoms. The summed E-state index contributed by atoms with van der Waals surface area (Å²) in [5.41, 5.74) is 1.60. The lowest BCUT2D eigenvalue weighted by Gasteiger charge is -2.24. The maximum absolute atomic E-state index is 13.2. The largest absolute Gasteiger partial charge is 0.480 e. The van der Waals surface area contributed by atoms with Crippen molar-refractivity contribution in [3.8, 4) is 11.5 Å². The summed E-state index contributed by atoms with van der Waals surface area (Å²) in [6, 6.07) is 7.41. The monoisotopic (exact) mass is 527 g/mol. The van der Waals surface area contributed by atoms with Crippen LogP contribution in [0, 0.1) is 5.82 Å². The Balaban J connectivity index is 1.47. The first kappa shape index (κ1) is 24.5. The van der Waals surface area contributed by atoms with E-state index in [1.54, 1.807) is 6.20 Å². The average molecular weight is 528 g/mol. The molecule has 12 heteroatoms. The number of carboxylic acid groups (broad SMARTS) is 1. The molecule has 0 bridgehead atoms. The highest BCUT2D eigenvalue weighted by atomic mass is 35.5. The Morgan fingerprint density at radius 1 is 1.21 bits per heavy atom. The molecule has 0 fully saturated rings. The first-order chi connectivity index (χ1) is 16.1. The summed E-state index contributed by atoms with van der Waals surface area (Å²) in [5, 5.41) is 16.3. The fourth-order valence-corrected chi connectivity index (χ4v) is 5.47. The topological polar surface area (TPSA) is 111 Å². The zero-order chi connectivity index (χ0) is 24.5. The number of carbonyl (C=O) groups is 1. The van der Waals surface area contributed by atoms with Crippen LogP contribution >= 0.6 is 23.2 Å². The number of sulfone groups is 1. The highest BCUT2D eigenvalue weighted by Crippen LogP contribution is 2.35. The summed E-state index contributed by atoms with van der Waals surface area (Å²) in [7, 11) is -3.75. The molecule has 1 heterocycles. The minimum Gasteiger partial charge on any atom is -0.480 e. The van der Waals surface area contributed by atoms with Gasteiger partial charge in [-0.2, -0.15) is 5.10 Å². The van der Waals surface area contributed by atoms with Crippen LogP contribution in [0.3, 0.4) is 0 Å². The Morgan fingerprint density at radius 2 is 1.91 bits per heavy atom. The second kappa shape index (κ2) is 9.91. The number of aromatic nitrogens is 2. The summed E-state index contributed by atoms with van der Waals surface area (Å²) in [5.74, 6) is -1.50. The smallest absolute Gasteiger partial charge is 0.325 e. The van der Waals surface area contributed by atoms with Crippen LogP contribution in [0.5, 0.6) is 11.5 Å². The predicted octanol–water partition coefficient (Wildman–Crippen LogP) is 4.60. The highest BCUT2D eigenvalue weighted by molar-refractivity contribution is 7.91. The van der Waals surface area contributed by atoms with E-state index in [0.29, 0.717) is 12.8 Å². The number of hydrogen-bond acceptors (Lipinski definition) is 6. The molecule has 1 aliphatic carbocycles. The van der Waals surface area contributed by atoms with Crippen LogP contribution in [-0.4, -0.2) is 35.2 Å². The molecule has 0 radical (unpaired) electrons. The van der Waals surface area contributed by atoms with E-state index < -0.39 is 21.6 Å². The zero-order valence-corrected chi connectivity index (χ0v) is 20.0. The summed E-state index contributed by atoms with van der Waals surface area (Å²) in [6.07, 6.45) is 3.75. The quantitative estimate of drug-likeness (QED) is 0.440. The molecule has 0 amide bonds. The normalized spacial score (nSPS) is 15.7. The number of fused-ring (bicyclic) bond motifs is 1. The molecule has 8 nitrogen and oxygen atoms in total. The first-order valence-corrected chi connectivity index (χ1v) is 12.7. The van der Waals surface area contributed by atoms with Crippen molar-refractivity contribution in [1.82, 2.24) is 15.1 Å². The predicted molar refractivity (Wildman–Crippen MR) is 124 cm³/mol. The molecule has 1 atom stereocenters. The van der Waals surface area contributed by atoms with Crippen LogP contribution < -0.4 is 10.1 Å². The Bertz CT molecular complexity index is 1350. The number of rotatable bonds is 8. The second-order valence-electron chi connectivity index (χ2n) is 7.78. The molecular weight excluding hydrogens is 508 g/mol. The molecule has 1 aromatic heterocycles. The lowest BCUT2D eigenvalue weighted by Crippen LogP contribution is -2.30. The van der Waals surface area contributed by atoms with Gasteiger partial charge in [0.05, 0.1) is 21.1 Å². The van der Waals surface area contributed by atoms with Crippen molar-refractivity contribution in [2.75, 3.05) is 5.88 Å². The van der Waals surface area contributed by atoms with Crippen molar-refractivity contribution in [2.24, 2.45) is 0 Å². The minimum atomic E-state index is -3.75. The molecule has 2 N–H and O–H groups in total. The number of ether oxygens (including phenoxy) is 1. The SMILES string of the molecule is O=C(O)Cn1ncc2c1CCC[C@H]2NCS(=O)(=O)c1ccc(Oc2ccc(F)cc2Cl)c(Cl)c1. The maximum atomic E-state index is 13.2. The van der Waals surface area contributed by atoms with Crippen LogP contribution in [0.1, 0.15) is 30.1 Å². The summed E-state index contributed by atoms with van der Waals surface area (Å²) < 4.78 is 46.1. The van der Waals surface area contributed by atoms with E-state index in [1.165, 1.54) is 35.0 Å². The molecule has 0 saturated carbocycles. The number of hydrogen-bond donors (Lipinski definition) is 2. The van der Waals surface area contributed by atoms with E-state index in [2.05, 4.69) is 10.4 Å². The van der Waals surface area contributed by atoms with Gasteiger partial charge in [0.2, 0.25) is 0 Å². The Morgan fingerprint density at radius 3 is 2.59 bits per heavy atom.